The van der Waals surface area contributed by atoms with Crippen molar-refractivity contribution in [3.8, 4) is 11.8 Å². The van der Waals surface area contributed by atoms with E-state index < -0.39 is 64.9 Å². The van der Waals surface area contributed by atoms with Crippen LogP contribution in [0.4, 0.5) is 26.3 Å². The number of carboxylic acid groups (broad SMARTS) is 1. The lowest BCUT2D eigenvalue weighted by molar-refractivity contribution is -0.294. The highest BCUT2D eigenvalue weighted by molar-refractivity contribution is 5.82. The maximum absolute atomic E-state index is 14.1. The Kier molecular flexibility index (Phi) is 5.89. The van der Waals surface area contributed by atoms with Crippen LogP contribution in [0.15, 0.2) is 23.3 Å². The molecule has 0 bridgehead atoms. The first kappa shape index (κ1) is 24.2. The summed E-state index contributed by atoms with van der Waals surface area (Å²) in [7, 11) is 0. The van der Waals surface area contributed by atoms with Crippen LogP contribution in [0.3, 0.4) is 0 Å². The van der Waals surface area contributed by atoms with E-state index in [0.29, 0.717) is 6.92 Å². The molecule has 0 aromatic carbocycles. The van der Waals surface area contributed by atoms with Crippen molar-refractivity contribution >= 4 is 5.97 Å². The van der Waals surface area contributed by atoms with E-state index in [9.17, 15) is 36.2 Å². The van der Waals surface area contributed by atoms with Crippen LogP contribution in [-0.2, 0) is 14.3 Å². The van der Waals surface area contributed by atoms with Crippen LogP contribution < -0.4 is 0 Å². The molecule has 0 saturated carbocycles. The van der Waals surface area contributed by atoms with Crippen LogP contribution in [0.5, 0.6) is 0 Å². The lowest BCUT2D eigenvalue weighted by Gasteiger charge is -2.50. The number of alkyl halides is 6. The van der Waals surface area contributed by atoms with Gasteiger partial charge in [-0.15, -0.1) is 0 Å². The molecule has 0 aromatic heterocycles. The molecule has 1 heterocycles. The highest BCUT2D eigenvalue weighted by Gasteiger charge is 2.69. The highest BCUT2D eigenvalue weighted by atomic mass is 19.4. The summed E-state index contributed by atoms with van der Waals surface area (Å²) in [5.41, 5.74) is -8.52. The molecule has 0 radical (unpaired) electrons. The van der Waals surface area contributed by atoms with Gasteiger partial charge in [0.25, 0.3) is 0 Å². The Balaban J connectivity index is 2.69. The van der Waals surface area contributed by atoms with Gasteiger partial charge in [-0.25, -0.2) is 4.79 Å². The van der Waals surface area contributed by atoms with Gasteiger partial charge < -0.3 is 19.7 Å². The zero-order chi connectivity index (χ0) is 23.3. The van der Waals surface area contributed by atoms with Crippen molar-refractivity contribution < 1.29 is 50.8 Å². The summed E-state index contributed by atoms with van der Waals surface area (Å²) in [6.45, 7) is 4.84. The molecule has 1 fully saturated rings. The molecule has 0 aromatic rings. The molecule has 2 aliphatic rings. The molecule has 1 aliphatic heterocycles. The van der Waals surface area contributed by atoms with Crippen LogP contribution >= 0.6 is 0 Å². The Bertz CT molecular complexity index is 836. The van der Waals surface area contributed by atoms with Gasteiger partial charge in [-0.05, 0) is 39.3 Å². The molecule has 1 spiro atoms. The maximum Gasteiger partial charge on any atom is 0.424 e. The summed E-state index contributed by atoms with van der Waals surface area (Å²) in [6, 6.07) is 0. The fourth-order valence-corrected chi connectivity index (χ4v) is 3.55. The average molecular weight is 442 g/mol. The van der Waals surface area contributed by atoms with Crippen molar-refractivity contribution in [2.24, 2.45) is 5.41 Å². The number of allylic oxidation sites excluding steroid dienone is 1. The standard InChI is InChI=1S/C19H20F6O5/c1-10-8-16(29-11(2)12(3)30-16)9-15(4,19(23,24)25)17(10,28)6-5-13(7-14(26)27)18(20,21)22/h7-8,11-12,28H,9H2,1-4H3,(H,26,27)/b13-7-. The number of aliphatic hydroxyl groups is 1. The zero-order valence-corrected chi connectivity index (χ0v) is 16.4. The molecule has 4 atom stereocenters. The fraction of sp³-hybridized carbons (Fsp3) is 0.632. The summed E-state index contributed by atoms with van der Waals surface area (Å²) < 4.78 is 92.5. The van der Waals surface area contributed by atoms with E-state index in [4.69, 9.17) is 14.6 Å². The topological polar surface area (TPSA) is 76.0 Å². The third-order valence-electron chi connectivity index (χ3n) is 5.41. The summed E-state index contributed by atoms with van der Waals surface area (Å²) in [4.78, 5) is 10.6. The fourth-order valence-electron chi connectivity index (χ4n) is 3.55. The van der Waals surface area contributed by atoms with Crippen molar-refractivity contribution in [2.45, 2.75) is 70.1 Å². The van der Waals surface area contributed by atoms with Gasteiger partial charge in [0.1, 0.15) is 11.0 Å². The Morgan fingerprint density at radius 2 is 1.70 bits per heavy atom. The highest BCUT2D eigenvalue weighted by Crippen LogP contribution is 2.58. The quantitative estimate of drug-likeness (QED) is 0.280. The number of aliphatic carboxylic acids is 1. The van der Waals surface area contributed by atoms with E-state index in [0.717, 1.165) is 13.0 Å². The predicted octanol–water partition coefficient (Wildman–Crippen LogP) is 3.73. The molecule has 2 rings (SSSR count). The Hall–Kier alpha value is -2.03. The van der Waals surface area contributed by atoms with Crippen LogP contribution in [0.1, 0.15) is 34.1 Å². The normalized spacial score (nSPS) is 37.6. The largest absolute Gasteiger partial charge is 0.478 e. The lowest BCUT2D eigenvalue weighted by atomic mass is 9.62. The third-order valence-corrected chi connectivity index (χ3v) is 5.41. The van der Waals surface area contributed by atoms with Gasteiger partial charge in [-0.1, -0.05) is 11.8 Å². The molecule has 2 N–H and O–H groups in total. The SMILES string of the molecule is CC1=CC2(CC(C)(C(F)(F)F)C1(O)C#C/C(=C/C(=O)O)C(F)(F)F)OC(C)C(C)O2. The van der Waals surface area contributed by atoms with Gasteiger partial charge in [0.15, 0.2) is 11.4 Å². The smallest absolute Gasteiger partial charge is 0.424 e. The summed E-state index contributed by atoms with van der Waals surface area (Å²) in [5.74, 6) is -0.807. The number of halogens is 6. The van der Waals surface area contributed by atoms with Crippen LogP contribution in [0, 0.1) is 17.3 Å². The second-order valence-electron chi connectivity index (χ2n) is 7.65. The van der Waals surface area contributed by atoms with E-state index >= 15 is 0 Å². The first-order valence-corrected chi connectivity index (χ1v) is 8.76. The maximum atomic E-state index is 14.1. The minimum absolute atomic E-state index is 0.281. The van der Waals surface area contributed by atoms with Crippen LogP contribution in [-0.4, -0.2) is 52.1 Å². The van der Waals surface area contributed by atoms with Crippen molar-refractivity contribution in [2.75, 3.05) is 0 Å². The second kappa shape index (κ2) is 7.28. The Morgan fingerprint density at radius 3 is 2.10 bits per heavy atom. The molecule has 168 valence electrons. The summed E-state index contributed by atoms with van der Waals surface area (Å²) >= 11 is 0. The Labute approximate surface area is 168 Å². The van der Waals surface area contributed by atoms with Gasteiger partial charge in [0, 0.05) is 12.5 Å². The predicted molar refractivity (Wildman–Crippen MR) is 90.9 cm³/mol. The monoisotopic (exact) mass is 442 g/mol. The van der Waals surface area contributed by atoms with Gasteiger partial charge in [0.2, 0.25) is 0 Å². The molecule has 4 unspecified atom stereocenters. The molecule has 0 amide bonds. The lowest BCUT2D eigenvalue weighted by Crippen LogP contribution is -2.61. The van der Waals surface area contributed by atoms with Crippen molar-refractivity contribution in [3.05, 3.63) is 23.3 Å². The molecule has 1 aliphatic carbocycles. The van der Waals surface area contributed by atoms with E-state index in [1.54, 1.807) is 19.8 Å². The number of rotatable bonds is 1. The number of carbonyl (C=O) groups is 1. The third kappa shape index (κ3) is 4.08. The zero-order valence-electron chi connectivity index (χ0n) is 16.4. The minimum Gasteiger partial charge on any atom is -0.478 e. The summed E-state index contributed by atoms with van der Waals surface area (Å²) in [5, 5.41) is 19.5. The molecular formula is C19H20F6O5. The van der Waals surface area contributed by atoms with Gasteiger partial charge in [-0.2, -0.15) is 26.3 Å². The van der Waals surface area contributed by atoms with Crippen LogP contribution in [0.2, 0.25) is 0 Å². The van der Waals surface area contributed by atoms with Crippen molar-refractivity contribution in [3.63, 3.8) is 0 Å². The number of hydrogen-bond acceptors (Lipinski definition) is 4. The minimum atomic E-state index is -5.24. The average Bonchev–Trinajstić information content (AvgIpc) is 2.80. The molecule has 30 heavy (non-hydrogen) atoms. The summed E-state index contributed by atoms with van der Waals surface area (Å²) in [6.07, 6.45) is -11.7. The Morgan fingerprint density at radius 1 is 1.20 bits per heavy atom. The first-order valence-electron chi connectivity index (χ1n) is 8.76. The molecule has 1 saturated heterocycles. The van der Waals surface area contributed by atoms with Crippen molar-refractivity contribution in [1.82, 2.24) is 0 Å². The van der Waals surface area contributed by atoms with E-state index in [-0.39, 0.29) is 6.08 Å². The first-order chi connectivity index (χ1) is 13.4. The molecular weight excluding hydrogens is 422 g/mol. The van der Waals surface area contributed by atoms with Crippen LogP contribution in [0.25, 0.3) is 0 Å². The van der Waals surface area contributed by atoms with Gasteiger partial charge in [-0.3, -0.25) is 0 Å². The van der Waals surface area contributed by atoms with Crippen molar-refractivity contribution in [1.29, 1.82) is 0 Å². The number of ether oxygens (including phenoxy) is 2. The molecule has 5 nitrogen and oxygen atoms in total. The van der Waals surface area contributed by atoms with Gasteiger partial charge in [0.05, 0.1) is 12.2 Å². The second-order valence-corrected chi connectivity index (χ2v) is 7.65. The van der Waals surface area contributed by atoms with Gasteiger partial charge >= 0.3 is 18.3 Å². The van der Waals surface area contributed by atoms with E-state index in [2.05, 4.69) is 0 Å². The molecule has 11 heteroatoms. The van der Waals surface area contributed by atoms with E-state index in [1.807, 2.05) is 0 Å². The van der Waals surface area contributed by atoms with E-state index in [1.165, 1.54) is 5.92 Å². The number of carboxylic acids is 1. The number of hydrogen-bond donors (Lipinski definition) is 2.